The van der Waals surface area contributed by atoms with Crippen molar-refractivity contribution in [2.75, 3.05) is 0 Å². The summed E-state index contributed by atoms with van der Waals surface area (Å²) in [7, 11) is 0. The number of allylic oxidation sites excluding steroid dienone is 1. The lowest BCUT2D eigenvalue weighted by molar-refractivity contribution is 0.627. The van der Waals surface area contributed by atoms with Crippen LogP contribution < -0.4 is 5.73 Å². The summed E-state index contributed by atoms with van der Waals surface area (Å²) in [6.07, 6.45) is 3.09. The van der Waals surface area contributed by atoms with Crippen LogP contribution in [-0.4, -0.2) is 3.72 Å². The third-order valence-corrected chi connectivity index (χ3v) is 2.24. The third kappa shape index (κ3) is 3.83. The highest BCUT2D eigenvalue weighted by Gasteiger charge is 1.98. The van der Waals surface area contributed by atoms with E-state index in [9.17, 15) is 4.39 Å². The Balaban J connectivity index is 2.98. The molecule has 0 aliphatic heterocycles. The molecule has 0 spiro atoms. The molecule has 0 aliphatic carbocycles. The van der Waals surface area contributed by atoms with Gasteiger partial charge in [-0.3, -0.25) is 4.99 Å². The number of aliphatic imine (C=N–C) groups is 1. The lowest BCUT2D eigenvalue weighted by atomic mass is 10.1. The fourth-order valence-corrected chi connectivity index (χ4v) is 1.54. The monoisotopic (exact) mass is 316 g/mol. The van der Waals surface area contributed by atoms with Gasteiger partial charge in [-0.2, -0.15) is 0 Å². The van der Waals surface area contributed by atoms with Crippen LogP contribution in [-0.2, 0) is 0 Å². The van der Waals surface area contributed by atoms with Crippen LogP contribution in [0.5, 0.6) is 0 Å². The largest absolute Gasteiger partial charge is 0.398 e. The van der Waals surface area contributed by atoms with E-state index in [0.29, 0.717) is 15.0 Å². The zero-order valence-corrected chi connectivity index (χ0v) is 10.1. The Morgan fingerprint density at radius 2 is 2.27 bits per heavy atom. The van der Waals surface area contributed by atoms with Crippen molar-refractivity contribution in [1.82, 2.24) is 0 Å². The summed E-state index contributed by atoms with van der Waals surface area (Å²) in [6.45, 7) is 3.47. The molecule has 2 nitrogen and oxygen atoms in total. The van der Waals surface area contributed by atoms with Gasteiger partial charge in [0.1, 0.15) is 9.54 Å². The minimum atomic E-state index is -0.306. The van der Waals surface area contributed by atoms with Crippen LogP contribution in [0.3, 0.4) is 0 Å². The summed E-state index contributed by atoms with van der Waals surface area (Å²) in [4.78, 5) is 3.93. The van der Waals surface area contributed by atoms with Gasteiger partial charge in [0.2, 0.25) is 0 Å². The predicted octanol–water partition coefficient (Wildman–Crippen LogP) is 3.10. The first-order valence-corrected chi connectivity index (χ1v) is 5.28. The van der Waals surface area contributed by atoms with E-state index in [4.69, 9.17) is 5.73 Å². The van der Waals surface area contributed by atoms with Gasteiger partial charge in [-0.1, -0.05) is 18.7 Å². The van der Waals surface area contributed by atoms with Gasteiger partial charge in [-0.25, -0.2) is 4.39 Å². The van der Waals surface area contributed by atoms with Crippen molar-refractivity contribution >= 4 is 32.0 Å². The Labute approximate surface area is 102 Å². The van der Waals surface area contributed by atoms with Crippen molar-refractivity contribution < 1.29 is 4.39 Å². The first-order chi connectivity index (χ1) is 7.13. The summed E-state index contributed by atoms with van der Waals surface area (Å²) in [5.74, 6) is -0.306. The van der Waals surface area contributed by atoms with Gasteiger partial charge in [-0.15, -0.1) is 0 Å². The molecular weight excluding hydrogens is 306 g/mol. The summed E-state index contributed by atoms with van der Waals surface area (Å²) >= 11 is 2.02. The van der Waals surface area contributed by atoms with E-state index in [1.54, 1.807) is 18.2 Å². The van der Waals surface area contributed by atoms with Crippen LogP contribution >= 0.6 is 22.6 Å². The van der Waals surface area contributed by atoms with Crippen molar-refractivity contribution in [3.8, 4) is 0 Å². The van der Waals surface area contributed by atoms with Gasteiger partial charge in [0, 0.05) is 17.5 Å². The Hall–Kier alpha value is -1.17. The van der Waals surface area contributed by atoms with Gasteiger partial charge in [-0.05, 0) is 40.8 Å². The van der Waals surface area contributed by atoms with Crippen molar-refractivity contribution in [3.63, 3.8) is 0 Å². The predicted molar refractivity (Wildman–Crippen MR) is 70.2 cm³/mol. The van der Waals surface area contributed by atoms with E-state index < -0.39 is 0 Å². The SMILES string of the molecule is C=C/N=C(I)\C=C(/N)c1cccc(F)c1. The van der Waals surface area contributed by atoms with E-state index in [-0.39, 0.29) is 5.82 Å². The smallest absolute Gasteiger partial charge is 0.123 e. The van der Waals surface area contributed by atoms with Crippen LogP contribution in [0.2, 0.25) is 0 Å². The second-order valence-electron chi connectivity index (χ2n) is 2.74. The van der Waals surface area contributed by atoms with Crippen LogP contribution in [0.4, 0.5) is 4.39 Å². The maximum atomic E-state index is 12.9. The van der Waals surface area contributed by atoms with E-state index in [1.807, 2.05) is 22.6 Å². The second kappa shape index (κ2) is 5.65. The van der Waals surface area contributed by atoms with Crippen molar-refractivity contribution in [2.45, 2.75) is 0 Å². The molecule has 0 aliphatic rings. The molecule has 0 saturated carbocycles. The molecule has 1 aromatic rings. The quantitative estimate of drug-likeness (QED) is 0.675. The van der Waals surface area contributed by atoms with Crippen molar-refractivity contribution in [1.29, 1.82) is 0 Å². The Morgan fingerprint density at radius 3 is 2.87 bits per heavy atom. The van der Waals surface area contributed by atoms with E-state index >= 15 is 0 Å². The molecule has 15 heavy (non-hydrogen) atoms. The summed E-state index contributed by atoms with van der Waals surface area (Å²) < 4.78 is 13.6. The molecule has 0 radical (unpaired) electrons. The van der Waals surface area contributed by atoms with Crippen molar-refractivity contribution in [2.24, 2.45) is 10.7 Å². The Morgan fingerprint density at radius 1 is 1.53 bits per heavy atom. The van der Waals surface area contributed by atoms with Gasteiger partial charge >= 0.3 is 0 Å². The molecule has 1 rings (SSSR count). The molecule has 0 aromatic heterocycles. The highest BCUT2D eigenvalue weighted by Crippen LogP contribution is 2.11. The zero-order valence-electron chi connectivity index (χ0n) is 7.95. The lowest BCUT2D eigenvalue weighted by Crippen LogP contribution is -1.98. The number of benzene rings is 1. The molecule has 0 amide bonds. The molecule has 2 N–H and O–H groups in total. The minimum Gasteiger partial charge on any atom is -0.398 e. The molecule has 78 valence electrons. The van der Waals surface area contributed by atoms with Crippen LogP contribution in [0.25, 0.3) is 5.70 Å². The van der Waals surface area contributed by atoms with Crippen LogP contribution in [0.15, 0.2) is 48.1 Å². The Bertz CT molecular complexity index is 424. The summed E-state index contributed by atoms with van der Waals surface area (Å²) in [5, 5.41) is 0. The topological polar surface area (TPSA) is 38.4 Å². The highest BCUT2D eigenvalue weighted by molar-refractivity contribution is 14.1. The van der Waals surface area contributed by atoms with Crippen LogP contribution in [0, 0.1) is 5.82 Å². The Kier molecular flexibility index (Phi) is 4.48. The van der Waals surface area contributed by atoms with Gasteiger partial charge in [0.05, 0.1) is 0 Å². The average Bonchev–Trinajstić information content (AvgIpc) is 2.18. The molecular formula is C11H10FIN2. The maximum Gasteiger partial charge on any atom is 0.123 e. The minimum absolute atomic E-state index is 0.306. The fourth-order valence-electron chi connectivity index (χ4n) is 1.00. The molecule has 0 fully saturated rings. The average molecular weight is 316 g/mol. The fraction of sp³-hybridized carbons (Fsp3) is 0. The van der Waals surface area contributed by atoms with Crippen LogP contribution in [0.1, 0.15) is 5.56 Å². The maximum absolute atomic E-state index is 12.9. The second-order valence-corrected chi connectivity index (χ2v) is 3.85. The van der Waals surface area contributed by atoms with E-state index in [0.717, 1.165) is 0 Å². The first kappa shape index (κ1) is 11.9. The standard InChI is InChI=1S/C11H10FIN2/c1-2-15-11(13)7-10(14)8-4-3-5-9(12)6-8/h2-7H,1,14H2/b10-7-,15-11+. The number of nitrogens with zero attached hydrogens (tertiary/aromatic N) is 1. The summed E-state index contributed by atoms with van der Waals surface area (Å²) in [5.41, 5.74) is 6.89. The van der Waals surface area contributed by atoms with Gasteiger partial charge in [0.15, 0.2) is 0 Å². The number of rotatable bonds is 3. The molecule has 1 aromatic carbocycles. The molecule has 0 atom stereocenters. The van der Waals surface area contributed by atoms with Gasteiger partial charge < -0.3 is 5.73 Å². The number of hydrogen-bond donors (Lipinski definition) is 1. The lowest BCUT2D eigenvalue weighted by Gasteiger charge is -2.00. The molecule has 0 bridgehead atoms. The highest BCUT2D eigenvalue weighted by atomic mass is 127. The molecule has 0 unspecified atom stereocenters. The van der Waals surface area contributed by atoms with E-state index in [1.165, 1.54) is 18.3 Å². The number of nitrogens with two attached hydrogens (primary N) is 1. The first-order valence-electron chi connectivity index (χ1n) is 4.21. The third-order valence-electron chi connectivity index (χ3n) is 1.65. The van der Waals surface area contributed by atoms with Crippen molar-refractivity contribution in [3.05, 3.63) is 54.5 Å². The zero-order chi connectivity index (χ0) is 11.3. The molecule has 0 saturated heterocycles. The molecule has 0 heterocycles. The number of hydrogen-bond acceptors (Lipinski definition) is 2. The summed E-state index contributed by atoms with van der Waals surface area (Å²) in [6, 6.07) is 6.11. The number of halogens is 2. The molecule has 4 heteroatoms. The van der Waals surface area contributed by atoms with E-state index in [2.05, 4.69) is 11.6 Å². The normalized spacial score (nSPS) is 12.7. The van der Waals surface area contributed by atoms with Gasteiger partial charge in [0.25, 0.3) is 0 Å².